The molecule has 0 spiro atoms. The maximum absolute atomic E-state index is 12.5. The van der Waals surface area contributed by atoms with Gasteiger partial charge in [0.05, 0.1) is 0 Å². The molecule has 1 aliphatic heterocycles. The van der Waals surface area contributed by atoms with Crippen LogP contribution in [0.2, 0.25) is 0 Å². The Balaban J connectivity index is 1.54. The van der Waals surface area contributed by atoms with Gasteiger partial charge in [-0.1, -0.05) is 6.92 Å². The van der Waals surface area contributed by atoms with Gasteiger partial charge in [-0.15, -0.1) is 0 Å². The molecule has 1 saturated heterocycles. The van der Waals surface area contributed by atoms with Gasteiger partial charge in [0.2, 0.25) is 11.8 Å². The minimum Gasteiger partial charge on any atom is -0.341 e. The summed E-state index contributed by atoms with van der Waals surface area (Å²) in [5.41, 5.74) is 0. The summed E-state index contributed by atoms with van der Waals surface area (Å²) >= 11 is 0. The molecule has 2 aliphatic carbocycles. The van der Waals surface area contributed by atoms with Gasteiger partial charge in [-0.2, -0.15) is 0 Å². The molecular formula is C15H24N2O2. The summed E-state index contributed by atoms with van der Waals surface area (Å²) in [6.07, 6.45) is 5.11. The molecule has 19 heavy (non-hydrogen) atoms. The number of amides is 2. The Morgan fingerprint density at radius 2 is 1.58 bits per heavy atom. The van der Waals surface area contributed by atoms with Crippen molar-refractivity contribution in [3.8, 4) is 0 Å². The van der Waals surface area contributed by atoms with Gasteiger partial charge >= 0.3 is 0 Å². The quantitative estimate of drug-likeness (QED) is 0.758. The van der Waals surface area contributed by atoms with Crippen molar-refractivity contribution in [1.82, 2.24) is 9.80 Å². The molecule has 106 valence electrons. The molecule has 4 heteroatoms. The summed E-state index contributed by atoms with van der Waals surface area (Å²) < 4.78 is 0. The maximum atomic E-state index is 12.5. The van der Waals surface area contributed by atoms with Crippen LogP contribution in [-0.4, -0.2) is 47.8 Å². The third kappa shape index (κ3) is 2.63. The van der Waals surface area contributed by atoms with Crippen molar-refractivity contribution < 1.29 is 9.59 Å². The molecule has 4 nitrogen and oxygen atoms in total. The molecule has 0 radical (unpaired) electrons. The van der Waals surface area contributed by atoms with E-state index in [1.165, 1.54) is 6.42 Å². The Morgan fingerprint density at radius 1 is 0.947 bits per heavy atom. The number of fused-ring (bicyclic) bond motifs is 1. The van der Waals surface area contributed by atoms with Gasteiger partial charge in [0.1, 0.15) is 0 Å². The average Bonchev–Trinajstić information content (AvgIpc) is 3.12. The second kappa shape index (κ2) is 5.14. The minimum atomic E-state index is 0.219. The van der Waals surface area contributed by atoms with Crippen LogP contribution in [0.1, 0.15) is 39.0 Å². The summed E-state index contributed by atoms with van der Waals surface area (Å²) in [5.74, 6) is 2.59. The molecule has 2 unspecified atom stereocenters. The van der Waals surface area contributed by atoms with Gasteiger partial charge in [-0.25, -0.2) is 0 Å². The SMILES string of the molecule is CCC(=O)N1CCCN(C(=O)C2CC3CC3C2)CC1. The highest BCUT2D eigenvalue weighted by molar-refractivity contribution is 5.80. The minimum absolute atomic E-state index is 0.219. The predicted octanol–water partition coefficient (Wildman–Crippen LogP) is 1.50. The third-order valence-corrected chi connectivity index (χ3v) is 5.06. The molecular weight excluding hydrogens is 240 g/mol. The number of carbonyl (C=O) groups excluding carboxylic acids is 2. The summed E-state index contributed by atoms with van der Waals surface area (Å²) in [7, 11) is 0. The molecule has 2 amide bonds. The van der Waals surface area contributed by atoms with E-state index >= 15 is 0 Å². The van der Waals surface area contributed by atoms with Crippen molar-refractivity contribution in [1.29, 1.82) is 0 Å². The molecule has 0 bridgehead atoms. The van der Waals surface area contributed by atoms with Crippen LogP contribution in [0.15, 0.2) is 0 Å². The Labute approximate surface area is 115 Å². The lowest BCUT2D eigenvalue weighted by Crippen LogP contribution is -2.39. The topological polar surface area (TPSA) is 40.6 Å². The monoisotopic (exact) mass is 264 g/mol. The molecule has 0 aromatic carbocycles. The molecule has 2 saturated carbocycles. The van der Waals surface area contributed by atoms with E-state index in [2.05, 4.69) is 0 Å². The van der Waals surface area contributed by atoms with Gasteiger partial charge in [0, 0.05) is 38.5 Å². The number of carbonyl (C=O) groups is 2. The number of rotatable bonds is 2. The van der Waals surface area contributed by atoms with Crippen molar-refractivity contribution in [3.05, 3.63) is 0 Å². The van der Waals surface area contributed by atoms with Gasteiger partial charge in [-0.05, 0) is 37.5 Å². The van der Waals surface area contributed by atoms with Gasteiger partial charge in [0.15, 0.2) is 0 Å². The van der Waals surface area contributed by atoms with Crippen molar-refractivity contribution >= 4 is 11.8 Å². The lowest BCUT2D eigenvalue weighted by Gasteiger charge is -2.25. The number of hydrogen-bond donors (Lipinski definition) is 0. The fourth-order valence-electron chi connectivity index (χ4n) is 3.79. The predicted molar refractivity (Wildman–Crippen MR) is 72.4 cm³/mol. The molecule has 3 rings (SSSR count). The van der Waals surface area contributed by atoms with E-state index in [1.54, 1.807) is 0 Å². The van der Waals surface area contributed by atoms with E-state index in [1.807, 2.05) is 16.7 Å². The largest absolute Gasteiger partial charge is 0.341 e. The van der Waals surface area contributed by atoms with Crippen LogP contribution in [0.4, 0.5) is 0 Å². The van der Waals surface area contributed by atoms with Crippen LogP contribution >= 0.6 is 0 Å². The lowest BCUT2D eigenvalue weighted by molar-refractivity contribution is -0.136. The average molecular weight is 264 g/mol. The highest BCUT2D eigenvalue weighted by Crippen LogP contribution is 2.54. The van der Waals surface area contributed by atoms with Gasteiger partial charge < -0.3 is 9.80 Å². The van der Waals surface area contributed by atoms with Gasteiger partial charge in [0.25, 0.3) is 0 Å². The highest BCUT2D eigenvalue weighted by Gasteiger charge is 2.48. The molecule has 3 fully saturated rings. The smallest absolute Gasteiger partial charge is 0.225 e. The first kappa shape index (κ1) is 12.9. The zero-order valence-electron chi connectivity index (χ0n) is 11.8. The van der Waals surface area contributed by atoms with E-state index < -0.39 is 0 Å². The Hall–Kier alpha value is -1.06. The molecule has 0 aromatic heterocycles. The normalized spacial score (nSPS) is 33.8. The van der Waals surface area contributed by atoms with E-state index in [0.717, 1.165) is 57.3 Å². The standard InChI is InChI=1S/C15H24N2O2/c1-2-14(18)16-4-3-5-17(7-6-16)15(19)13-9-11-8-12(11)10-13/h11-13H,2-10H2,1H3. The first-order valence-electron chi connectivity index (χ1n) is 7.75. The second-order valence-corrected chi connectivity index (χ2v) is 6.34. The highest BCUT2D eigenvalue weighted by atomic mass is 16.2. The molecule has 3 aliphatic rings. The molecule has 2 atom stereocenters. The van der Waals surface area contributed by atoms with E-state index in [0.29, 0.717) is 12.3 Å². The van der Waals surface area contributed by atoms with Crippen LogP contribution < -0.4 is 0 Å². The van der Waals surface area contributed by atoms with E-state index in [4.69, 9.17) is 0 Å². The number of hydrogen-bond acceptors (Lipinski definition) is 2. The Bertz CT molecular complexity index is 372. The summed E-state index contributed by atoms with van der Waals surface area (Å²) in [5, 5.41) is 0. The van der Waals surface area contributed by atoms with Crippen LogP contribution in [-0.2, 0) is 9.59 Å². The molecule has 1 heterocycles. The van der Waals surface area contributed by atoms with Crippen molar-refractivity contribution in [2.75, 3.05) is 26.2 Å². The first-order chi connectivity index (χ1) is 9.19. The molecule has 0 aromatic rings. The fraction of sp³-hybridized carbons (Fsp3) is 0.867. The molecule has 0 N–H and O–H groups in total. The zero-order valence-corrected chi connectivity index (χ0v) is 11.8. The Kier molecular flexibility index (Phi) is 3.50. The van der Waals surface area contributed by atoms with Crippen LogP contribution in [0.25, 0.3) is 0 Å². The summed E-state index contributed by atoms with van der Waals surface area (Å²) in [6, 6.07) is 0. The van der Waals surface area contributed by atoms with Crippen molar-refractivity contribution in [2.24, 2.45) is 17.8 Å². The third-order valence-electron chi connectivity index (χ3n) is 5.06. The maximum Gasteiger partial charge on any atom is 0.225 e. The first-order valence-corrected chi connectivity index (χ1v) is 7.75. The summed E-state index contributed by atoms with van der Waals surface area (Å²) in [6.45, 7) is 5.00. The summed E-state index contributed by atoms with van der Waals surface area (Å²) in [4.78, 5) is 28.1. The van der Waals surface area contributed by atoms with Crippen LogP contribution in [0.3, 0.4) is 0 Å². The van der Waals surface area contributed by atoms with Crippen molar-refractivity contribution in [3.63, 3.8) is 0 Å². The van der Waals surface area contributed by atoms with E-state index in [-0.39, 0.29) is 11.8 Å². The number of nitrogens with zero attached hydrogens (tertiary/aromatic N) is 2. The van der Waals surface area contributed by atoms with Gasteiger partial charge in [-0.3, -0.25) is 9.59 Å². The second-order valence-electron chi connectivity index (χ2n) is 6.34. The fourth-order valence-corrected chi connectivity index (χ4v) is 3.79. The van der Waals surface area contributed by atoms with Crippen LogP contribution in [0, 0.1) is 17.8 Å². The lowest BCUT2D eigenvalue weighted by atomic mass is 10.0. The van der Waals surface area contributed by atoms with E-state index in [9.17, 15) is 9.59 Å². The van der Waals surface area contributed by atoms with Crippen molar-refractivity contribution in [2.45, 2.75) is 39.0 Å². The Morgan fingerprint density at radius 3 is 2.26 bits per heavy atom. The zero-order chi connectivity index (χ0) is 13.4. The van der Waals surface area contributed by atoms with Crippen LogP contribution in [0.5, 0.6) is 0 Å².